The molecule has 2 aromatic rings. The van der Waals surface area contributed by atoms with E-state index in [2.05, 4.69) is 32.0 Å². The number of carbonyl (C=O) groups excluding carboxylic acids is 1. The summed E-state index contributed by atoms with van der Waals surface area (Å²) in [6, 6.07) is 5.04. The lowest BCUT2D eigenvalue weighted by Gasteiger charge is -2.34. The van der Waals surface area contributed by atoms with Crippen LogP contribution in [-0.2, 0) is 0 Å². The summed E-state index contributed by atoms with van der Waals surface area (Å²) >= 11 is 12.1. The number of aromatic nitrogens is 2. The molecule has 25 heavy (non-hydrogen) atoms. The Hall–Kier alpha value is -1.89. The third-order valence-electron chi connectivity index (χ3n) is 4.22. The van der Waals surface area contributed by atoms with Crippen LogP contribution in [0.4, 0.5) is 11.5 Å². The number of anilines is 2. The quantitative estimate of drug-likeness (QED) is 0.883. The number of likely N-dealkylation sites (N-methyl/N-ethyl adjacent to an activating group) is 1. The van der Waals surface area contributed by atoms with Crippen molar-refractivity contribution in [3.8, 4) is 0 Å². The molecule has 1 N–H and O–H groups in total. The first-order valence-corrected chi connectivity index (χ1v) is 8.88. The zero-order valence-electron chi connectivity index (χ0n) is 13.9. The minimum absolute atomic E-state index is 0.215. The fourth-order valence-corrected chi connectivity index (χ4v) is 3.18. The van der Waals surface area contributed by atoms with Gasteiger partial charge in [-0.05, 0) is 18.7 Å². The number of rotatable bonds is 4. The molecule has 8 heteroatoms. The van der Waals surface area contributed by atoms with Crippen molar-refractivity contribution in [3.05, 3.63) is 46.3 Å². The van der Waals surface area contributed by atoms with Crippen molar-refractivity contribution in [2.24, 2.45) is 0 Å². The molecule has 132 valence electrons. The summed E-state index contributed by atoms with van der Waals surface area (Å²) in [6.45, 7) is 7.04. The Bertz CT molecular complexity index is 725. The molecule has 6 nitrogen and oxygen atoms in total. The third-order valence-corrected chi connectivity index (χ3v) is 4.85. The maximum atomic E-state index is 12.3. The predicted octanol–water partition coefficient (Wildman–Crippen LogP) is 3.18. The molecular formula is C17H19Cl2N5O. The van der Waals surface area contributed by atoms with Crippen LogP contribution in [0.25, 0.3) is 0 Å². The summed E-state index contributed by atoms with van der Waals surface area (Å²) in [5.74, 6) is 0.382. The van der Waals surface area contributed by atoms with E-state index in [1.54, 1.807) is 24.4 Å². The first-order chi connectivity index (χ1) is 12.1. The lowest BCUT2D eigenvalue weighted by molar-refractivity contribution is 0.102. The van der Waals surface area contributed by atoms with Gasteiger partial charge >= 0.3 is 0 Å². The first kappa shape index (κ1) is 17.9. The summed E-state index contributed by atoms with van der Waals surface area (Å²) < 4.78 is 0. The number of benzene rings is 1. The minimum atomic E-state index is -0.398. The van der Waals surface area contributed by atoms with Crippen LogP contribution < -0.4 is 10.2 Å². The molecule has 0 radical (unpaired) electrons. The van der Waals surface area contributed by atoms with Gasteiger partial charge in [-0.3, -0.25) is 4.79 Å². The number of halogens is 2. The summed E-state index contributed by atoms with van der Waals surface area (Å²) in [4.78, 5) is 25.5. The van der Waals surface area contributed by atoms with Gasteiger partial charge < -0.3 is 15.1 Å². The van der Waals surface area contributed by atoms with E-state index in [1.807, 2.05) is 0 Å². The number of carbonyl (C=O) groups is 1. The molecule has 1 aromatic heterocycles. The topological polar surface area (TPSA) is 61.4 Å². The van der Waals surface area contributed by atoms with Crippen LogP contribution >= 0.6 is 23.2 Å². The summed E-state index contributed by atoms with van der Waals surface area (Å²) in [5.41, 5.74) is 0.587. The van der Waals surface area contributed by atoms with Gasteiger partial charge in [-0.1, -0.05) is 36.2 Å². The van der Waals surface area contributed by atoms with Gasteiger partial charge in [-0.15, -0.1) is 0 Å². The van der Waals surface area contributed by atoms with Crippen LogP contribution in [0.2, 0.25) is 10.0 Å². The standard InChI is InChI=1S/C17H19Cl2N5O/c1-2-23-6-8-24(9-7-23)15-11-20-14(10-21-15)17(25)22-16-12(18)4-3-5-13(16)19/h3-5,10-11H,2,6-9H2,1H3,(H,22,25). The molecular weight excluding hydrogens is 361 g/mol. The molecule has 1 saturated heterocycles. The van der Waals surface area contributed by atoms with Gasteiger partial charge in [0.1, 0.15) is 11.5 Å². The molecule has 0 bridgehead atoms. The van der Waals surface area contributed by atoms with Crippen LogP contribution in [0.3, 0.4) is 0 Å². The van der Waals surface area contributed by atoms with E-state index < -0.39 is 5.91 Å². The molecule has 0 atom stereocenters. The molecule has 1 amide bonds. The van der Waals surface area contributed by atoms with E-state index in [-0.39, 0.29) is 5.69 Å². The minimum Gasteiger partial charge on any atom is -0.353 e. The third kappa shape index (κ3) is 4.21. The molecule has 1 aliphatic heterocycles. The molecule has 1 aromatic carbocycles. The van der Waals surface area contributed by atoms with Crippen molar-refractivity contribution < 1.29 is 4.79 Å². The number of amides is 1. The smallest absolute Gasteiger partial charge is 0.275 e. The van der Waals surface area contributed by atoms with Gasteiger partial charge in [0.2, 0.25) is 0 Å². The van der Waals surface area contributed by atoms with Crippen molar-refractivity contribution in [1.29, 1.82) is 0 Å². The summed E-state index contributed by atoms with van der Waals surface area (Å²) in [7, 11) is 0. The van der Waals surface area contributed by atoms with E-state index >= 15 is 0 Å². The van der Waals surface area contributed by atoms with Crippen molar-refractivity contribution >= 4 is 40.6 Å². The number of piperazine rings is 1. The lowest BCUT2D eigenvalue weighted by Crippen LogP contribution is -2.46. The van der Waals surface area contributed by atoms with Gasteiger partial charge in [-0.25, -0.2) is 9.97 Å². The second kappa shape index (κ2) is 7.99. The molecule has 0 aliphatic carbocycles. The van der Waals surface area contributed by atoms with E-state index in [9.17, 15) is 4.79 Å². The van der Waals surface area contributed by atoms with Crippen molar-refractivity contribution in [3.63, 3.8) is 0 Å². The Kier molecular flexibility index (Phi) is 5.73. The van der Waals surface area contributed by atoms with Gasteiger partial charge in [0.25, 0.3) is 5.91 Å². The van der Waals surface area contributed by atoms with Crippen LogP contribution in [0, 0.1) is 0 Å². The monoisotopic (exact) mass is 379 g/mol. The maximum absolute atomic E-state index is 12.3. The normalized spacial score (nSPS) is 15.2. The number of nitrogens with zero attached hydrogens (tertiary/aromatic N) is 4. The summed E-state index contributed by atoms with van der Waals surface area (Å²) in [6.07, 6.45) is 3.10. The Morgan fingerprint density at radius 1 is 1.12 bits per heavy atom. The van der Waals surface area contributed by atoms with E-state index in [4.69, 9.17) is 23.2 Å². The second-order valence-corrected chi connectivity index (χ2v) is 6.55. The highest BCUT2D eigenvalue weighted by Crippen LogP contribution is 2.30. The maximum Gasteiger partial charge on any atom is 0.275 e. The molecule has 1 fully saturated rings. The number of hydrogen-bond acceptors (Lipinski definition) is 5. The fraction of sp³-hybridized carbons (Fsp3) is 0.353. The van der Waals surface area contributed by atoms with Crippen molar-refractivity contribution in [1.82, 2.24) is 14.9 Å². The number of para-hydroxylation sites is 1. The Balaban J connectivity index is 1.67. The molecule has 0 saturated carbocycles. The molecule has 0 unspecified atom stereocenters. The van der Waals surface area contributed by atoms with Gasteiger partial charge in [-0.2, -0.15) is 0 Å². The summed E-state index contributed by atoms with van der Waals surface area (Å²) in [5, 5.41) is 3.43. The highest BCUT2D eigenvalue weighted by Gasteiger charge is 2.18. The second-order valence-electron chi connectivity index (χ2n) is 5.73. The van der Waals surface area contributed by atoms with Crippen LogP contribution in [0.15, 0.2) is 30.6 Å². The van der Waals surface area contributed by atoms with Gasteiger partial charge in [0.05, 0.1) is 28.1 Å². The number of nitrogens with one attached hydrogen (secondary N) is 1. The molecule has 0 spiro atoms. The molecule has 1 aliphatic rings. The Morgan fingerprint density at radius 2 is 1.80 bits per heavy atom. The SMILES string of the molecule is CCN1CCN(c2cnc(C(=O)Nc3c(Cl)cccc3Cl)cn2)CC1. The average Bonchev–Trinajstić information content (AvgIpc) is 2.65. The van der Waals surface area contributed by atoms with Gasteiger partial charge in [0, 0.05) is 26.2 Å². The van der Waals surface area contributed by atoms with Crippen LogP contribution in [0.1, 0.15) is 17.4 Å². The highest BCUT2D eigenvalue weighted by molar-refractivity contribution is 6.39. The largest absolute Gasteiger partial charge is 0.353 e. The molecule has 3 rings (SSSR count). The molecule has 2 heterocycles. The van der Waals surface area contributed by atoms with E-state index in [0.717, 1.165) is 38.5 Å². The van der Waals surface area contributed by atoms with Crippen LogP contribution in [-0.4, -0.2) is 53.5 Å². The fourth-order valence-electron chi connectivity index (χ4n) is 2.69. The average molecular weight is 380 g/mol. The van der Waals surface area contributed by atoms with E-state index in [0.29, 0.717) is 15.7 Å². The van der Waals surface area contributed by atoms with E-state index in [1.165, 1.54) is 6.20 Å². The number of hydrogen-bond donors (Lipinski definition) is 1. The Labute approximate surface area is 156 Å². The zero-order valence-corrected chi connectivity index (χ0v) is 15.4. The van der Waals surface area contributed by atoms with Gasteiger partial charge in [0.15, 0.2) is 0 Å². The predicted molar refractivity (Wildman–Crippen MR) is 101 cm³/mol. The highest BCUT2D eigenvalue weighted by atomic mass is 35.5. The lowest BCUT2D eigenvalue weighted by atomic mass is 10.3. The first-order valence-electron chi connectivity index (χ1n) is 8.13. The zero-order chi connectivity index (χ0) is 17.8. The van der Waals surface area contributed by atoms with Crippen molar-refractivity contribution in [2.45, 2.75) is 6.92 Å². The Morgan fingerprint density at radius 3 is 2.36 bits per heavy atom. The van der Waals surface area contributed by atoms with Crippen LogP contribution in [0.5, 0.6) is 0 Å². The van der Waals surface area contributed by atoms with Crippen molar-refractivity contribution in [2.75, 3.05) is 42.9 Å².